The fourth-order valence-electron chi connectivity index (χ4n) is 3.27. The standard InChI is InChI=1S/C21H23N3O4S/c25-19(23-16-5-6-17-18(12-16)28-11-3-10-27-17)14-29-20-7-4-15(13-22-20)21(26)24-8-1-2-9-24/h4-7,12-13H,1-3,8-11,14H2,(H,23,25). The first-order valence-electron chi connectivity index (χ1n) is 9.77. The highest BCUT2D eigenvalue weighted by atomic mass is 32.2. The largest absolute Gasteiger partial charge is 0.490 e. The smallest absolute Gasteiger partial charge is 0.255 e. The summed E-state index contributed by atoms with van der Waals surface area (Å²) in [6.07, 6.45) is 4.55. The molecule has 7 nitrogen and oxygen atoms in total. The quantitative estimate of drug-likeness (QED) is 0.758. The second kappa shape index (κ2) is 9.17. The van der Waals surface area contributed by atoms with Gasteiger partial charge < -0.3 is 19.7 Å². The van der Waals surface area contributed by atoms with Crippen LogP contribution in [0.1, 0.15) is 29.6 Å². The molecule has 2 aliphatic rings. The van der Waals surface area contributed by atoms with Gasteiger partial charge in [0, 0.05) is 37.5 Å². The van der Waals surface area contributed by atoms with E-state index in [9.17, 15) is 9.59 Å². The summed E-state index contributed by atoms with van der Waals surface area (Å²) in [7, 11) is 0. The van der Waals surface area contributed by atoms with Crippen molar-refractivity contribution in [3.05, 3.63) is 42.1 Å². The molecular formula is C21H23N3O4S. The van der Waals surface area contributed by atoms with Crippen LogP contribution in [-0.4, -0.2) is 53.8 Å². The molecule has 8 heteroatoms. The van der Waals surface area contributed by atoms with Crippen molar-refractivity contribution >= 4 is 29.3 Å². The van der Waals surface area contributed by atoms with Crippen LogP contribution < -0.4 is 14.8 Å². The summed E-state index contributed by atoms with van der Waals surface area (Å²) in [4.78, 5) is 30.8. The molecule has 0 spiro atoms. The average molecular weight is 413 g/mol. The molecule has 0 bridgehead atoms. The molecule has 2 aromatic rings. The Morgan fingerprint density at radius 1 is 1.03 bits per heavy atom. The molecule has 0 unspecified atom stereocenters. The summed E-state index contributed by atoms with van der Waals surface area (Å²) < 4.78 is 11.2. The molecule has 0 atom stereocenters. The molecule has 0 aliphatic carbocycles. The van der Waals surface area contributed by atoms with E-state index in [1.54, 1.807) is 36.5 Å². The van der Waals surface area contributed by atoms with E-state index in [-0.39, 0.29) is 17.6 Å². The van der Waals surface area contributed by atoms with Gasteiger partial charge in [0.25, 0.3) is 5.91 Å². The highest BCUT2D eigenvalue weighted by Gasteiger charge is 2.19. The number of nitrogens with zero attached hydrogens (tertiary/aromatic N) is 2. The molecule has 3 heterocycles. The van der Waals surface area contributed by atoms with Gasteiger partial charge in [-0.1, -0.05) is 11.8 Å². The van der Waals surface area contributed by atoms with Gasteiger partial charge in [0.15, 0.2) is 11.5 Å². The SMILES string of the molecule is O=C(CSc1ccc(C(=O)N2CCCC2)cn1)Nc1ccc2c(c1)OCCCO2. The summed E-state index contributed by atoms with van der Waals surface area (Å²) >= 11 is 1.33. The number of benzene rings is 1. The zero-order valence-corrected chi connectivity index (χ0v) is 16.9. The Labute approximate surface area is 173 Å². The van der Waals surface area contributed by atoms with E-state index in [1.165, 1.54) is 11.8 Å². The first-order chi connectivity index (χ1) is 14.2. The molecule has 0 saturated carbocycles. The molecule has 1 fully saturated rings. The molecular weight excluding hydrogens is 390 g/mol. The van der Waals surface area contributed by atoms with Crippen molar-refractivity contribution in [3.63, 3.8) is 0 Å². The third kappa shape index (κ3) is 5.00. The second-order valence-electron chi connectivity index (χ2n) is 6.93. The number of carbonyl (C=O) groups excluding carboxylic acids is 2. The average Bonchev–Trinajstić information content (AvgIpc) is 3.18. The van der Waals surface area contributed by atoms with Crippen LogP contribution >= 0.6 is 11.8 Å². The minimum Gasteiger partial charge on any atom is -0.490 e. The van der Waals surface area contributed by atoms with Gasteiger partial charge in [-0.05, 0) is 37.1 Å². The first kappa shape index (κ1) is 19.6. The number of carbonyl (C=O) groups is 2. The van der Waals surface area contributed by atoms with Gasteiger partial charge >= 0.3 is 0 Å². The Kier molecular flexibility index (Phi) is 6.19. The lowest BCUT2D eigenvalue weighted by atomic mass is 10.2. The molecule has 1 saturated heterocycles. The third-order valence-electron chi connectivity index (χ3n) is 4.76. The number of hydrogen-bond acceptors (Lipinski definition) is 6. The molecule has 2 aliphatic heterocycles. The number of pyridine rings is 1. The third-order valence-corrected chi connectivity index (χ3v) is 5.70. The predicted octanol–water partition coefficient (Wildman–Crippen LogP) is 3.21. The van der Waals surface area contributed by atoms with Gasteiger partial charge in [-0.25, -0.2) is 4.98 Å². The van der Waals surface area contributed by atoms with Crippen LogP contribution in [0.15, 0.2) is 41.6 Å². The maximum atomic E-state index is 12.3. The molecule has 152 valence electrons. The van der Waals surface area contributed by atoms with E-state index < -0.39 is 0 Å². The molecule has 1 N–H and O–H groups in total. The van der Waals surface area contributed by atoms with E-state index in [1.807, 2.05) is 4.90 Å². The molecule has 4 rings (SSSR count). The van der Waals surface area contributed by atoms with Crippen LogP contribution in [0.5, 0.6) is 11.5 Å². The summed E-state index contributed by atoms with van der Waals surface area (Å²) in [5.74, 6) is 1.46. The topological polar surface area (TPSA) is 80.8 Å². The van der Waals surface area contributed by atoms with Crippen molar-refractivity contribution in [2.45, 2.75) is 24.3 Å². The van der Waals surface area contributed by atoms with Crippen LogP contribution in [-0.2, 0) is 4.79 Å². The predicted molar refractivity (Wildman–Crippen MR) is 111 cm³/mol. The number of likely N-dealkylation sites (tertiary alicyclic amines) is 1. The van der Waals surface area contributed by atoms with Crippen molar-refractivity contribution in [2.75, 3.05) is 37.4 Å². The fraction of sp³-hybridized carbons (Fsp3) is 0.381. The highest BCUT2D eigenvalue weighted by molar-refractivity contribution is 7.99. The van der Waals surface area contributed by atoms with Gasteiger partial charge in [0.2, 0.25) is 5.91 Å². The second-order valence-corrected chi connectivity index (χ2v) is 7.93. The van der Waals surface area contributed by atoms with Crippen molar-refractivity contribution in [1.29, 1.82) is 0 Å². The van der Waals surface area contributed by atoms with Crippen molar-refractivity contribution in [1.82, 2.24) is 9.88 Å². The maximum absolute atomic E-state index is 12.3. The number of fused-ring (bicyclic) bond motifs is 1. The van der Waals surface area contributed by atoms with Crippen molar-refractivity contribution in [2.24, 2.45) is 0 Å². The van der Waals surface area contributed by atoms with Crippen LogP contribution in [0, 0.1) is 0 Å². The molecule has 2 amide bonds. The summed E-state index contributed by atoms with van der Waals surface area (Å²) in [6, 6.07) is 8.95. The molecule has 0 radical (unpaired) electrons. The number of nitrogens with one attached hydrogen (secondary N) is 1. The summed E-state index contributed by atoms with van der Waals surface area (Å²) in [6.45, 7) is 2.86. The number of rotatable bonds is 5. The van der Waals surface area contributed by atoms with Crippen LogP contribution in [0.2, 0.25) is 0 Å². The van der Waals surface area contributed by atoms with Gasteiger partial charge in [0.1, 0.15) is 0 Å². The number of hydrogen-bond donors (Lipinski definition) is 1. The minimum atomic E-state index is -0.136. The lowest BCUT2D eigenvalue weighted by Gasteiger charge is -2.14. The van der Waals surface area contributed by atoms with Crippen molar-refractivity contribution in [3.8, 4) is 11.5 Å². The number of aromatic nitrogens is 1. The lowest BCUT2D eigenvalue weighted by molar-refractivity contribution is -0.113. The lowest BCUT2D eigenvalue weighted by Crippen LogP contribution is -2.27. The fourth-order valence-corrected chi connectivity index (χ4v) is 3.92. The van der Waals surface area contributed by atoms with E-state index in [0.29, 0.717) is 41.0 Å². The summed E-state index contributed by atoms with van der Waals surface area (Å²) in [5, 5.41) is 3.57. The number of anilines is 1. The Hall–Kier alpha value is -2.74. The number of ether oxygens (including phenoxy) is 2. The first-order valence-corrected chi connectivity index (χ1v) is 10.8. The Morgan fingerprint density at radius 3 is 2.59 bits per heavy atom. The monoisotopic (exact) mass is 413 g/mol. The van der Waals surface area contributed by atoms with Crippen molar-refractivity contribution < 1.29 is 19.1 Å². The van der Waals surface area contributed by atoms with Crippen LogP contribution in [0.3, 0.4) is 0 Å². The van der Waals surface area contributed by atoms with Crippen LogP contribution in [0.25, 0.3) is 0 Å². The highest BCUT2D eigenvalue weighted by Crippen LogP contribution is 2.32. The van der Waals surface area contributed by atoms with E-state index >= 15 is 0 Å². The molecule has 1 aromatic heterocycles. The van der Waals surface area contributed by atoms with E-state index in [0.717, 1.165) is 32.4 Å². The Morgan fingerprint density at radius 2 is 1.83 bits per heavy atom. The normalized spacial score (nSPS) is 15.7. The molecule has 29 heavy (non-hydrogen) atoms. The zero-order chi connectivity index (χ0) is 20.1. The van der Waals surface area contributed by atoms with Gasteiger partial charge in [-0.15, -0.1) is 0 Å². The Balaban J connectivity index is 1.29. The molecule has 1 aromatic carbocycles. The Bertz CT molecular complexity index is 882. The van der Waals surface area contributed by atoms with Crippen LogP contribution in [0.4, 0.5) is 5.69 Å². The maximum Gasteiger partial charge on any atom is 0.255 e. The number of amides is 2. The minimum absolute atomic E-state index is 0.0266. The zero-order valence-electron chi connectivity index (χ0n) is 16.1. The van der Waals surface area contributed by atoms with Gasteiger partial charge in [-0.2, -0.15) is 0 Å². The van der Waals surface area contributed by atoms with Gasteiger partial charge in [0.05, 0.1) is 29.6 Å². The van der Waals surface area contributed by atoms with Gasteiger partial charge in [-0.3, -0.25) is 9.59 Å². The summed E-state index contributed by atoms with van der Waals surface area (Å²) in [5.41, 5.74) is 1.26. The number of thioether (sulfide) groups is 1. The van der Waals surface area contributed by atoms with E-state index in [2.05, 4.69) is 10.3 Å². The van der Waals surface area contributed by atoms with E-state index in [4.69, 9.17) is 9.47 Å².